The van der Waals surface area contributed by atoms with Gasteiger partial charge < -0.3 is 10.2 Å². The van der Waals surface area contributed by atoms with Crippen molar-refractivity contribution in [3.05, 3.63) is 71.2 Å². The number of benzene rings is 1. The van der Waals surface area contributed by atoms with Crippen molar-refractivity contribution in [2.75, 3.05) is 16.8 Å². The molecule has 0 unspecified atom stereocenters. The summed E-state index contributed by atoms with van der Waals surface area (Å²) in [7, 11) is 0. The van der Waals surface area contributed by atoms with Crippen LogP contribution in [0.2, 0.25) is 0 Å². The van der Waals surface area contributed by atoms with Gasteiger partial charge in [0.2, 0.25) is 0 Å². The van der Waals surface area contributed by atoms with E-state index in [1.165, 1.54) is 27.9 Å². The molecule has 0 radical (unpaired) electrons. The number of carbonyl (C=O) groups is 2. The fourth-order valence-electron chi connectivity index (χ4n) is 3.47. The Balaban J connectivity index is 1.65. The van der Waals surface area contributed by atoms with E-state index in [9.17, 15) is 22.8 Å². The van der Waals surface area contributed by atoms with Gasteiger partial charge in [-0.25, -0.2) is 4.98 Å². The third kappa shape index (κ3) is 3.88. The summed E-state index contributed by atoms with van der Waals surface area (Å²) in [5.41, 5.74) is 0.551. The van der Waals surface area contributed by atoms with Gasteiger partial charge in [-0.15, -0.1) is 0 Å². The number of aromatic nitrogens is 3. The normalized spacial score (nSPS) is 16.2. The van der Waals surface area contributed by atoms with E-state index in [0.717, 1.165) is 17.7 Å². The number of amides is 2. The molecule has 31 heavy (non-hydrogen) atoms. The van der Waals surface area contributed by atoms with Crippen molar-refractivity contribution in [2.45, 2.75) is 26.1 Å². The van der Waals surface area contributed by atoms with E-state index in [0.29, 0.717) is 11.5 Å². The second-order valence-corrected chi connectivity index (χ2v) is 7.33. The highest BCUT2D eigenvalue weighted by Gasteiger charge is 2.36. The van der Waals surface area contributed by atoms with Crippen LogP contribution in [0.1, 0.15) is 44.9 Å². The second kappa shape index (κ2) is 7.53. The van der Waals surface area contributed by atoms with Gasteiger partial charge in [0.15, 0.2) is 0 Å². The SMILES string of the molecule is Cc1ccnc(NC(=O)c2cnn3c2C(=O)N(c2ccc(C(F)(F)F)cc2)C[C@@H]3C)c1. The molecule has 0 saturated carbocycles. The lowest BCUT2D eigenvalue weighted by molar-refractivity contribution is -0.137. The maximum absolute atomic E-state index is 13.2. The minimum atomic E-state index is -4.47. The van der Waals surface area contributed by atoms with Crippen LogP contribution in [-0.2, 0) is 6.18 Å². The van der Waals surface area contributed by atoms with Crippen molar-refractivity contribution in [3.63, 3.8) is 0 Å². The maximum Gasteiger partial charge on any atom is 0.416 e. The monoisotopic (exact) mass is 429 g/mol. The number of halogens is 3. The largest absolute Gasteiger partial charge is 0.416 e. The lowest BCUT2D eigenvalue weighted by Gasteiger charge is -2.32. The molecule has 0 spiro atoms. The van der Waals surface area contributed by atoms with Crippen molar-refractivity contribution in [3.8, 4) is 0 Å². The summed E-state index contributed by atoms with van der Waals surface area (Å²) in [6, 6.07) is 7.53. The Morgan fingerprint density at radius 1 is 1.19 bits per heavy atom. The van der Waals surface area contributed by atoms with Crippen molar-refractivity contribution < 1.29 is 22.8 Å². The highest BCUT2D eigenvalue weighted by atomic mass is 19.4. The van der Waals surface area contributed by atoms with E-state index in [4.69, 9.17) is 0 Å². The number of alkyl halides is 3. The van der Waals surface area contributed by atoms with E-state index in [-0.39, 0.29) is 23.8 Å². The fraction of sp³-hybridized carbons (Fsp3) is 0.238. The Hall–Kier alpha value is -3.69. The predicted octanol–water partition coefficient (Wildman–Crippen LogP) is 4.08. The molecule has 1 aromatic carbocycles. The first kappa shape index (κ1) is 20.6. The lowest BCUT2D eigenvalue weighted by Crippen LogP contribution is -2.43. The fourth-order valence-corrected chi connectivity index (χ4v) is 3.47. The van der Waals surface area contributed by atoms with Gasteiger partial charge in [-0.05, 0) is 55.8 Å². The summed E-state index contributed by atoms with van der Waals surface area (Å²) in [6.07, 6.45) is -1.60. The molecule has 1 N–H and O–H groups in total. The Kier molecular flexibility index (Phi) is 5.00. The summed E-state index contributed by atoms with van der Waals surface area (Å²) in [4.78, 5) is 31.4. The minimum Gasteiger partial charge on any atom is -0.306 e. The van der Waals surface area contributed by atoms with Crippen LogP contribution in [0.25, 0.3) is 0 Å². The minimum absolute atomic E-state index is 0.0665. The van der Waals surface area contributed by atoms with Gasteiger partial charge in [-0.2, -0.15) is 18.3 Å². The zero-order valence-electron chi connectivity index (χ0n) is 16.6. The third-order valence-corrected chi connectivity index (χ3v) is 5.02. The molecule has 0 bridgehead atoms. The standard InChI is InChI=1S/C21H18F3N5O2/c1-12-7-8-25-17(9-12)27-19(30)16-10-26-29-13(2)11-28(20(31)18(16)29)15-5-3-14(4-6-15)21(22,23)24/h3-10,13H,11H2,1-2H3,(H,25,27,30)/t13-/m0/s1. The summed E-state index contributed by atoms with van der Waals surface area (Å²) >= 11 is 0. The molecule has 2 aromatic heterocycles. The number of fused-ring (bicyclic) bond motifs is 1. The number of pyridine rings is 1. The first-order chi connectivity index (χ1) is 14.6. The van der Waals surface area contributed by atoms with Gasteiger partial charge in [0, 0.05) is 18.4 Å². The average Bonchev–Trinajstić information content (AvgIpc) is 3.16. The Bertz CT molecular complexity index is 1150. The molecule has 1 atom stereocenters. The number of rotatable bonds is 3. The van der Waals surface area contributed by atoms with E-state index in [1.54, 1.807) is 18.3 Å². The summed E-state index contributed by atoms with van der Waals surface area (Å²) in [6.45, 7) is 3.87. The van der Waals surface area contributed by atoms with E-state index in [2.05, 4.69) is 15.4 Å². The Labute approximate surface area is 175 Å². The van der Waals surface area contributed by atoms with Gasteiger partial charge in [-0.3, -0.25) is 14.3 Å². The van der Waals surface area contributed by atoms with E-state index < -0.39 is 23.6 Å². The Morgan fingerprint density at radius 2 is 1.90 bits per heavy atom. The summed E-state index contributed by atoms with van der Waals surface area (Å²) in [5.74, 6) is -0.729. The molecule has 0 saturated heterocycles. The molecule has 2 amide bonds. The summed E-state index contributed by atoms with van der Waals surface area (Å²) in [5, 5.41) is 6.83. The first-order valence-electron chi connectivity index (χ1n) is 9.46. The molecular formula is C21H18F3N5O2. The molecular weight excluding hydrogens is 411 g/mol. The molecule has 0 fully saturated rings. The van der Waals surface area contributed by atoms with Crippen molar-refractivity contribution >= 4 is 23.3 Å². The number of nitrogens with zero attached hydrogens (tertiary/aromatic N) is 4. The predicted molar refractivity (Wildman–Crippen MR) is 107 cm³/mol. The molecule has 1 aliphatic rings. The third-order valence-electron chi connectivity index (χ3n) is 5.02. The molecule has 3 heterocycles. The number of nitrogens with one attached hydrogen (secondary N) is 1. The van der Waals surface area contributed by atoms with Crippen LogP contribution in [0.3, 0.4) is 0 Å². The van der Waals surface area contributed by atoms with Crippen LogP contribution < -0.4 is 10.2 Å². The van der Waals surface area contributed by atoms with Crippen LogP contribution in [0, 0.1) is 6.92 Å². The number of aryl methyl sites for hydroxylation is 1. The van der Waals surface area contributed by atoms with Gasteiger partial charge in [0.25, 0.3) is 11.8 Å². The smallest absolute Gasteiger partial charge is 0.306 e. The van der Waals surface area contributed by atoms with Crippen LogP contribution in [0.15, 0.2) is 48.8 Å². The van der Waals surface area contributed by atoms with Gasteiger partial charge in [-0.1, -0.05) is 0 Å². The van der Waals surface area contributed by atoms with Crippen LogP contribution in [-0.4, -0.2) is 33.1 Å². The highest BCUT2D eigenvalue weighted by Crippen LogP contribution is 2.33. The summed E-state index contributed by atoms with van der Waals surface area (Å²) < 4.78 is 40.0. The van der Waals surface area contributed by atoms with Crippen LogP contribution >= 0.6 is 0 Å². The number of hydrogen-bond acceptors (Lipinski definition) is 4. The number of carbonyl (C=O) groups excluding carboxylic acids is 2. The van der Waals surface area contributed by atoms with Gasteiger partial charge in [0.05, 0.1) is 23.4 Å². The zero-order chi connectivity index (χ0) is 22.3. The Morgan fingerprint density at radius 3 is 2.55 bits per heavy atom. The molecule has 0 aliphatic carbocycles. The van der Waals surface area contributed by atoms with Gasteiger partial charge in [0.1, 0.15) is 11.5 Å². The topological polar surface area (TPSA) is 80.1 Å². The maximum atomic E-state index is 13.2. The van der Waals surface area contributed by atoms with Crippen LogP contribution in [0.5, 0.6) is 0 Å². The second-order valence-electron chi connectivity index (χ2n) is 7.33. The lowest BCUT2D eigenvalue weighted by atomic mass is 10.1. The highest BCUT2D eigenvalue weighted by molar-refractivity contribution is 6.15. The molecule has 10 heteroatoms. The van der Waals surface area contributed by atoms with Crippen molar-refractivity contribution in [1.82, 2.24) is 14.8 Å². The van der Waals surface area contributed by atoms with E-state index in [1.807, 2.05) is 13.8 Å². The number of anilines is 2. The van der Waals surface area contributed by atoms with Crippen LogP contribution in [0.4, 0.5) is 24.7 Å². The molecule has 7 nitrogen and oxygen atoms in total. The van der Waals surface area contributed by atoms with Crippen molar-refractivity contribution in [1.29, 1.82) is 0 Å². The first-order valence-corrected chi connectivity index (χ1v) is 9.46. The van der Waals surface area contributed by atoms with Crippen molar-refractivity contribution in [2.24, 2.45) is 0 Å². The van der Waals surface area contributed by atoms with Gasteiger partial charge >= 0.3 is 6.18 Å². The zero-order valence-corrected chi connectivity index (χ0v) is 16.6. The molecule has 4 rings (SSSR count). The van der Waals surface area contributed by atoms with E-state index >= 15 is 0 Å². The average molecular weight is 429 g/mol. The molecule has 3 aromatic rings. The molecule has 160 valence electrons. The number of hydrogen-bond donors (Lipinski definition) is 1. The quantitative estimate of drug-likeness (QED) is 0.681. The molecule has 1 aliphatic heterocycles.